The maximum absolute atomic E-state index is 11.7. The molecule has 0 aromatic rings. The minimum absolute atomic E-state index is 0.292. The Morgan fingerprint density at radius 3 is 2.19 bits per heavy atom. The molecule has 0 fully saturated rings. The summed E-state index contributed by atoms with van der Waals surface area (Å²) in [6.45, 7) is 7.96. The van der Waals surface area contributed by atoms with E-state index in [0.717, 1.165) is 6.42 Å². The van der Waals surface area contributed by atoms with E-state index < -0.39 is 24.1 Å². The molecule has 0 saturated carbocycles. The summed E-state index contributed by atoms with van der Waals surface area (Å²) in [5.41, 5.74) is 0. The molecule has 0 aromatic heterocycles. The van der Waals surface area contributed by atoms with Crippen LogP contribution in [0.1, 0.15) is 47.0 Å². The van der Waals surface area contributed by atoms with E-state index in [9.17, 15) is 14.4 Å². The van der Waals surface area contributed by atoms with Crippen LogP contribution in [0, 0.1) is 5.92 Å². The van der Waals surface area contributed by atoms with Gasteiger partial charge in [-0.25, -0.2) is 9.59 Å². The second-order valence-corrected chi connectivity index (χ2v) is 5.51. The van der Waals surface area contributed by atoms with Crippen molar-refractivity contribution >= 4 is 17.9 Å². The highest BCUT2D eigenvalue weighted by atomic mass is 16.4. The van der Waals surface area contributed by atoms with Crippen LogP contribution in [0.3, 0.4) is 0 Å². The minimum atomic E-state index is -1.07. The quantitative estimate of drug-likeness (QED) is 0.511. The molecular formula is C14H27N3O4. The number of nitrogens with one attached hydrogen (secondary N) is 3. The highest BCUT2D eigenvalue weighted by Gasteiger charge is 2.21. The summed E-state index contributed by atoms with van der Waals surface area (Å²) in [5, 5.41) is 16.5. The topological polar surface area (TPSA) is 108 Å². The first kappa shape index (κ1) is 19.2. The number of carbonyl (C=O) groups excluding carboxylic acids is 2. The standard InChI is InChI=1S/C14H27N3O4/c1-5-6-7-11(13(19)20)17-14(21)16-10(4)12(18)15-8-9(2)3/h9-11H,5-8H2,1-4H3,(H,15,18)(H,19,20)(H2,16,17,21). The Bertz CT molecular complexity index is 358. The lowest BCUT2D eigenvalue weighted by Gasteiger charge is -2.18. The Morgan fingerprint density at radius 2 is 1.71 bits per heavy atom. The normalized spacial score (nSPS) is 13.4. The van der Waals surface area contributed by atoms with Gasteiger partial charge in [-0.05, 0) is 19.3 Å². The third-order valence-corrected chi connectivity index (χ3v) is 2.88. The summed E-state index contributed by atoms with van der Waals surface area (Å²) < 4.78 is 0. The summed E-state index contributed by atoms with van der Waals surface area (Å²) in [6, 6.07) is -2.30. The maximum atomic E-state index is 11.7. The van der Waals surface area contributed by atoms with Crippen LogP contribution in [0.4, 0.5) is 4.79 Å². The fraction of sp³-hybridized carbons (Fsp3) is 0.786. The van der Waals surface area contributed by atoms with E-state index in [-0.39, 0.29) is 5.91 Å². The second-order valence-electron chi connectivity index (χ2n) is 5.51. The Morgan fingerprint density at radius 1 is 1.10 bits per heavy atom. The Kier molecular flexibility index (Phi) is 9.16. The summed E-state index contributed by atoms with van der Waals surface area (Å²) in [5.74, 6) is -1.05. The molecule has 2 atom stereocenters. The van der Waals surface area contributed by atoms with E-state index in [2.05, 4.69) is 16.0 Å². The molecule has 0 rings (SSSR count). The highest BCUT2D eigenvalue weighted by Crippen LogP contribution is 2.01. The molecule has 0 aliphatic heterocycles. The number of carbonyl (C=O) groups is 3. The summed E-state index contributed by atoms with van der Waals surface area (Å²) in [6.07, 6.45) is 1.93. The summed E-state index contributed by atoms with van der Waals surface area (Å²) in [4.78, 5) is 34.4. The number of carboxylic acid groups (broad SMARTS) is 1. The van der Waals surface area contributed by atoms with Crippen LogP contribution in [0.5, 0.6) is 0 Å². The number of carboxylic acids is 1. The predicted octanol–water partition coefficient (Wildman–Crippen LogP) is 1.09. The van der Waals surface area contributed by atoms with Gasteiger partial charge < -0.3 is 21.1 Å². The molecular weight excluding hydrogens is 274 g/mol. The Labute approximate surface area is 125 Å². The molecule has 0 aliphatic rings. The number of aliphatic carboxylic acids is 1. The van der Waals surface area contributed by atoms with Gasteiger partial charge in [-0.2, -0.15) is 0 Å². The summed E-state index contributed by atoms with van der Waals surface area (Å²) in [7, 11) is 0. The SMILES string of the molecule is CCCCC(NC(=O)NC(C)C(=O)NCC(C)C)C(=O)O. The summed E-state index contributed by atoms with van der Waals surface area (Å²) >= 11 is 0. The van der Waals surface area contributed by atoms with Crippen molar-refractivity contribution in [1.82, 2.24) is 16.0 Å². The van der Waals surface area contributed by atoms with Crippen molar-refractivity contribution in [3.05, 3.63) is 0 Å². The molecule has 0 spiro atoms. The van der Waals surface area contributed by atoms with Crippen molar-refractivity contribution in [2.75, 3.05) is 6.54 Å². The first-order valence-corrected chi connectivity index (χ1v) is 7.35. The first-order valence-electron chi connectivity index (χ1n) is 7.35. The number of urea groups is 1. The van der Waals surface area contributed by atoms with E-state index in [0.29, 0.717) is 25.3 Å². The van der Waals surface area contributed by atoms with E-state index in [1.165, 1.54) is 0 Å². The lowest BCUT2D eigenvalue weighted by atomic mass is 10.1. The number of hydrogen-bond donors (Lipinski definition) is 4. The van der Waals surface area contributed by atoms with Crippen LogP contribution >= 0.6 is 0 Å². The third-order valence-electron chi connectivity index (χ3n) is 2.88. The van der Waals surface area contributed by atoms with Gasteiger partial charge in [0.1, 0.15) is 12.1 Å². The van der Waals surface area contributed by atoms with E-state index in [1.54, 1.807) is 6.92 Å². The van der Waals surface area contributed by atoms with Gasteiger partial charge in [0, 0.05) is 6.54 Å². The van der Waals surface area contributed by atoms with Crippen LogP contribution in [0.25, 0.3) is 0 Å². The Hall–Kier alpha value is -1.79. The molecule has 21 heavy (non-hydrogen) atoms. The van der Waals surface area contributed by atoms with Crippen molar-refractivity contribution in [1.29, 1.82) is 0 Å². The van der Waals surface area contributed by atoms with Gasteiger partial charge in [0.2, 0.25) is 5.91 Å². The van der Waals surface area contributed by atoms with Gasteiger partial charge in [-0.3, -0.25) is 4.79 Å². The molecule has 2 unspecified atom stereocenters. The smallest absolute Gasteiger partial charge is 0.326 e. The number of rotatable bonds is 9. The molecule has 0 aliphatic carbocycles. The Balaban J connectivity index is 4.26. The van der Waals surface area contributed by atoms with E-state index >= 15 is 0 Å². The van der Waals surface area contributed by atoms with E-state index in [4.69, 9.17) is 5.11 Å². The zero-order chi connectivity index (χ0) is 16.4. The average molecular weight is 301 g/mol. The average Bonchev–Trinajstić information content (AvgIpc) is 2.40. The molecule has 7 nitrogen and oxygen atoms in total. The molecule has 0 radical (unpaired) electrons. The zero-order valence-corrected chi connectivity index (χ0v) is 13.2. The zero-order valence-electron chi connectivity index (χ0n) is 13.2. The molecule has 0 saturated heterocycles. The van der Waals surface area contributed by atoms with Gasteiger partial charge in [0.25, 0.3) is 0 Å². The first-order chi connectivity index (χ1) is 9.77. The van der Waals surface area contributed by atoms with Crippen molar-refractivity contribution in [3.63, 3.8) is 0 Å². The fourth-order valence-corrected chi connectivity index (χ4v) is 1.59. The van der Waals surface area contributed by atoms with Crippen LogP contribution in [0.15, 0.2) is 0 Å². The second kappa shape index (κ2) is 10.0. The molecule has 4 N–H and O–H groups in total. The largest absolute Gasteiger partial charge is 0.480 e. The predicted molar refractivity (Wildman–Crippen MR) is 79.9 cm³/mol. The molecule has 0 aromatic carbocycles. The van der Waals surface area contributed by atoms with Crippen LogP contribution in [0.2, 0.25) is 0 Å². The molecule has 0 heterocycles. The van der Waals surface area contributed by atoms with Crippen LogP contribution in [-0.2, 0) is 9.59 Å². The number of hydrogen-bond acceptors (Lipinski definition) is 3. The highest BCUT2D eigenvalue weighted by molar-refractivity contribution is 5.88. The van der Waals surface area contributed by atoms with Crippen LogP contribution < -0.4 is 16.0 Å². The fourth-order valence-electron chi connectivity index (χ4n) is 1.59. The third kappa shape index (κ3) is 8.88. The van der Waals surface area contributed by atoms with Gasteiger partial charge in [0.05, 0.1) is 0 Å². The van der Waals surface area contributed by atoms with Gasteiger partial charge in [0.15, 0.2) is 0 Å². The monoisotopic (exact) mass is 301 g/mol. The van der Waals surface area contributed by atoms with Crippen molar-refractivity contribution in [3.8, 4) is 0 Å². The van der Waals surface area contributed by atoms with Crippen LogP contribution in [-0.4, -0.2) is 41.6 Å². The van der Waals surface area contributed by atoms with Gasteiger partial charge in [-0.1, -0.05) is 33.6 Å². The number of amides is 3. The van der Waals surface area contributed by atoms with E-state index in [1.807, 2.05) is 20.8 Å². The maximum Gasteiger partial charge on any atom is 0.326 e. The van der Waals surface area contributed by atoms with Gasteiger partial charge in [-0.15, -0.1) is 0 Å². The lowest BCUT2D eigenvalue weighted by Crippen LogP contribution is -2.52. The number of unbranched alkanes of at least 4 members (excludes halogenated alkanes) is 1. The molecule has 122 valence electrons. The molecule has 3 amide bonds. The molecule has 7 heteroatoms. The molecule has 0 bridgehead atoms. The minimum Gasteiger partial charge on any atom is -0.480 e. The lowest BCUT2D eigenvalue weighted by molar-refractivity contribution is -0.139. The van der Waals surface area contributed by atoms with Crippen molar-refractivity contribution in [2.45, 2.75) is 59.0 Å². The van der Waals surface area contributed by atoms with Crippen molar-refractivity contribution in [2.24, 2.45) is 5.92 Å². The van der Waals surface area contributed by atoms with Crippen molar-refractivity contribution < 1.29 is 19.5 Å². The van der Waals surface area contributed by atoms with Gasteiger partial charge >= 0.3 is 12.0 Å².